The van der Waals surface area contributed by atoms with Gasteiger partial charge in [0.2, 0.25) is 5.91 Å². The summed E-state index contributed by atoms with van der Waals surface area (Å²) in [5.41, 5.74) is 4.05. The minimum absolute atomic E-state index is 0.0265. The molecule has 1 aromatic carbocycles. The number of aryl methyl sites for hydroxylation is 1. The minimum atomic E-state index is -0.0808. The van der Waals surface area contributed by atoms with Crippen molar-refractivity contribution in [1.29, 1.82) is 0 Å². The number of fused-ring (bicyclic) bond motifs is 3. The SMILES string of the molecule is CC(=O)NC1CCCn2c1c(-c1cnn(C3CCCCO3)c1)c1ccc(Cl)c(Cl)c12. The molecule has 1 amide bonds. The number of amides is 1. The van der Waals surface area contributed by atoms with Gasteiger partial charge in [-0.1, -0.05) is 29.3 Å². The molecule has 4 heterocycles. The van der Waals surface area contributed by atoms with Crippen LogP contribution in [0.15, 0.2) is 24.5 Å². The Morgan fingerprint density at radius 3 is 2.87 bits per heavy atom. The second kappa shape index (κ2) is 7.91. The van der Waals surface area contributed by atoms with Gasteiger partial charge in [-0.25, -0.2) is 4.68 Å². The molecule has 8 heteroatoms. The van der Waals surface area contributed by atoms with Crippen LogP contribution >= 0.6 is 23.2 Å². The summed E-state index contributed by atoms with van der Waals surface area (Å²) in [4.78, 5) is 11.9. The smallest absolute Gasteiger partial charge is 0.217 e. The molecule has 0 spiro atoms. The van der Waals surface area contributed by atoms with E-state index in [0.717, 1.165) is 73.0 Å². The second-order valence-corrected chi connectivity index (χ2v) is 8.88. The first-order valence-corrected chi connectivity index (χ1v) is 11.2. The molecule has 2 unspecified atom stereocenters. The highest BCUT2D eigenvalue weighted by Gasteiger charge is 2.31. The quantitative estimate of drug-likeness (QED) is 0.578. The van der Waals surface area contributed by atoms with E-state index in [9.17, 15) is 4.79 Å². The number of hydrogen-bond donors (Lipinski definition) is 1. The van der Waals surface area contributed by atoms with E-state index < -0.39 is 0 Å². The van der Waals surface area contributed by atoms with Gasteiger partial charge < -0.3 is 14.6 Å². The van der Waals surface area contributed by atoms with E-state index in [-0.39, 0.29) is 18.2 Å². The zero-order valence-corrected chi connectivity index (χ0v) is 18.3. The van der Waals surface area contributed by atoms with Crippen LogP contribution in [0, 0.1) is 0 Å². The Kier molecular flexibility index (Phi) is 5.25. The third-order valence-electron chi connectivity index (χ3n) is 6.08. The normalized spacial score (nSPS) is 21.6. The van der Waals surface area contributed by atoms with E-state index in [1.807, 2.05) is 29.2 Å². The predicted octanol–water partition coefficient (Wildman–Crippen LogP) is 5.48. The van der Waals surface area contributed by atoms with E-state index in [4.69, 9.17) is 27.9 Å². The zero-order valence-electron chi connectivity index (χ0n) is 16.8. The molecule has 0 radical (unpaired) electrons. The summed E-state index contributed by atoms with van der Waals surface area (Å²) in [6, 6.07) is 3.77. The number of benzene rings is 1. The number of hydrogen-bond acceptors (Lipinski definition) is 3. The molecule has 5 rings (SSSR count). The van der Waals surface area contributed by atoms with Gasteiger partial charge in [-0.05, 0) is 38.2 Å². The number of halogens is 2. The molecule has 2 aliphatic rings. The molecular weight excluding hydrogens is 423 g/mol. The van der Waals surface area contributed by atoms with Gasteiger partial charge in [0.05, 0.1) is 27.8 Å². The van der Waals surface area contributed by atoms with Crippen LogP contribution in [0.25, 0.3) is 22.0 Å². The molecule has 3 aromatic rings. The summed E-state index contributed by atoms with van der Waals surface area (Å²) in [5.74, 6) is -0.0416. The van der Waals surface area contributed by atoms with Crippen molar-refractivity contribution in [2.75, 3.05) is 6.61 Å². The van der Waals surface area contributed by atoms with Crippen molar-refractivity contribution in [1.82, 2.24) is 19.7 Å². The Morgan fingerprint density at radius 2 is 2.10 bits per heavy atom. The molecule has 158 valence electrons. The number of nitrogens with zero attached hydrogens (tertiary/aromatic N) is 3. The summed E-state index contributed by atoms with van der Waals surface area (Å²) in [6.07, 6.45) is 8.95. The number of aromatic nitrogens is 3. The number of nitrogens with one attached hydrogen (secondary N) is 1. The molecule has 2 aliphatic heterocycles. The topological polar surface area (TPSA) is 61.1 Å². The fourth-order valence-electron chi connectivity index (χ4n) is 4.83. The average Bonchev–Trinajstić information content (AvgIpc) is 3.34. The van der Waals surface area contributed by atoms with Crippen molar-refractivity contribution in [3.63, 3.8) is 0 Å². The van der Waals surface area contributed by atoms with Gasteiger partial charge in [0.25, 0.3) is 0 Å². The molecule has 0 aliphatic carbocycles. The van der Waals surface area contributed by atoms with Crippen molar-refractivity contribution in [3.8, 4) is 11.1 Å². The van der Waals surface area contributed by atoms with Crippen molar-refractivity contribution in [3.05, 3.63) is 40.3 Å². The van der Waals surface area contributed by atoms with Crippen LogP contribution in [0.5, 0.6) is 0 Å². The number of carbonyl (C=O) groups excluding carboxylic acids is 1. The van der Waals surface area contributed by atoms with E-state index in [1.54, 1.807) is 6.92 Å². The number of ether oxygens (including phenoxy) is 1. The van der Waals surface area contributed by atoms with E-state index in [2.05, 4.69) is 15.0 Å². The van der Waals surface area contributed by atoms with Crippen LogP contribution in [0.4, 0.5) is 0 Å². The monoisotopic (exact) mass is 446 g/mol. The van der Waals surface area contributed by atoms with E-state index >= 15 is 0 Å². The minimum Gasteiger partial charge on any atom is -0.357 e. The van der Waals surface area contributed by atoms with Crippen molar-refractivity contribution in [2.45, 2.75) is 57.8 Å². The van der Waals surface area contributed by atoms with Gasteiger partial charge in [0.15, 0.2) is 0 Å². The van der Waals surface area contributed by atoms with Crippen LogP contribution < -0.4 is 5.32 Å². The maximum Gasteiger partial charge on any atom is 0.217 e. The third kappa shape index (κ3) is 3.31. The summed E-state index contributed by atoms with van der Waals surface area (Å²) in [5, 5.41) is 9.85. The molecule has 1 fully saturated rings. The van der Waals surface area contributed by atoms with Crippen molar-refractivity contribution in [2.24, 2.45) is 0 Å². The molecule has 0 saturated carbocycles. The van der Waals surface area contributed by atoms with Crippen molar-refractivity contribution >= 4 is 40.0 Å². The van der Waals surface area contributed by atoms with Crippen LogP contribution in [0.1, 0.15) is 57.0 Å². The van der Waals surface area contributed by atoms with Crippen LogP contribution in [-0.4, -0.2) is 26.9 Å². The first-order chi connectivity index (χ1) is 14.5. The highest BCUT2D eigenvalue weighted by atomic mass is 35.5. The largest absolute Gasteiger partial charge is 0.357 e. The van der Waals surface area contributed by atoms with Gasteiger partial charge in [-0.3, -0.25) is 4.79 Å². The maximum atomic E-state index is 11.9. The maximum absolute atomic E-state index is 11.9. The number of carbonyl (C=O) groups is 1. The van der Waals surface area contributed by atoms with Gasteiger partial charge >= 0.3 is 0 Å². The summed E-state index contributed by atoms with van der Waals surface area (Å²) in [7, 11) is 0. The molecule has 2 aromatic heterocycles. The molecule has 1 N–H and O–H groups in total. The summed E-state index contributed by atoms with van der Waals surface area (Å²) in [6.45, 7) is 3.16. The predicted molar refractivity (Wildman–Crippen MR) is 118 cm³/mol. The standard InChI is InChI=1S/C22H24Cl2N4O2/c1-13(29)26-17-5-4-9-27-21-15(7-8-16(23)20(21)24)19(22(17)27)14-11-25-28(12-14)18-6-2-3-10-30-18/h7-8,11-12,17-18H,2-6,9-10H2,1H3,(H,26,29). The fourth-order valence-corrected chi connectivity index (χ4v) is 5.25. The first-order valence-electron chi connectivity index (χ1n) is 10.5. The Balaban J connectivity index is 1.70. The first kappa shape index (κ1) is 19.9. The zero-order chi connectivity index (χ0) is 20.8. The van der Waals surface area contributed by atoms with Gasteiger partial charge in [0.1, 0.15) is 6.23 Å². The van der Waals surface area contributed by atoms with Crippen molar-refractivity contribution < 1.29 is 9.53 Å². The highest BCUT2D eigenvalue weighted by molar-refractivity contribution is 6.45. The fraction of sp³-hybridized carbons (Fsp3) is 0.455. The molecule has 0 bridgehead atoms. The molecular formula is C22H24Cl2N4O2. The molecule has 6 nitrogen and oxygen atoms in total. The Labute approximate surface area is 185 Å². The third-order valence-corrected chi connectivity index (χ3v) is 6.87. The molecule has 2 atom stereocenters. The molecule has 30 heavy (non-hydrogen) atoms. The summed E-state index contributed by atoms with van der Waals surface area (Å²) >= 11 is 13.0. The van der Waals surface area contributed by atoms with E-state index in [1.165, 1.54) is 0 Å². The van der Waals surface area contributed by atoms with Crippen LogP contribution in [0.2, 0.25) is 10.0 Å². The second-order valence-electron chi connectivity index (χ2n) is 8.09. The lowest BCUT2D eigenvalue weighted by atomic mass is 9.96. The van der Waals surface area contributed by atoms with Gasteiger partial charge in [-0.15, -0.1) is 0 Å². The van der Waals surface area contributed by atoms with Crippen LogP contribution in [0.3, 0.4) is 0 Å². The highest BCUT2D eigenvalue weighted by Crippen LogP contribution is 2.45. The van der Waals surface area contributed by atoms with Gasteiger partial charge in [-0.2, -0.15) is 5.10 Å². The Hall–Kier alpha value is -2.02. The molecule has 1 saturated heterocycles. The lowest BCUT2D eigenvalue weighted by molar-refractivity contribution is -0.119. The van der Waals surface area contributed by atoms with Gasteiger partial charge in [0, 0.05) is 48.5 Å². The lowest BCUT2D eigenvalue weighted by Gasteiger charge is -2.27. The average molecular weight is 447 g/mol. The van der Waals surface area contributed by atoms with Crippen LogP contribution in [-0.2, 0) is 16.1 Å². The Bertz CT molecular complexity index is 1110. The number of rotatable bonds is 3. The lowest BCUT2D eigenvalue weighted by Crippen LogP contribution is -2.31. The van der Waals surface area contributed by atoms with E-state index in [0.29, 0.717) is 10.0 Å². The summed E-state index contributed by atoms with van der Waals surface area (Å²) < 4.78 is 10.0. The Morgan fingerprint density at radius 1 is 1.23 bits per heavy atom.